The Labute approximate surface area is 195 Å². The third kappa shape index (κ3) is 7.02. The smallest absolute Gasteiger partial charge is 0.242 e. The largest absolute Gasteiger partial charge is 0.497 e. The Morgan fingerprint density at radius 3 is 2.53 bits per heavy atom. The minimum atomic E-state index is -0.547. The van der Waals surface area contributed by atoms with Gasteiger partial charge in [0, 0.05) is 17.5 Å². The van der Waals surface area contributed by atoms with E-state index in [1.165, 1.54) is 23.7 Å². The number of thioether (sulfide) groups is 1. The van der Waals surface area contributed by atoms with Crippen molar-refractivity contribution in [2.75, 3.05) is 12.9 Å². The second kappa shape index (κ2) is 12.0. The summed E-state index contributed by atoms with van der Waals surface area (Å²) in [5.41, 5.74) is 2.13. The molecule has 0 bridgehead atoms. The summed E-state index contributed by atoms with van der Waals surface area (Å²) in [4.78, 5) is 29.1. The maximum absolute atomic E-state index is 13.3. The van der Waals surface area contributed by atoms with Crippen molar-refractivity contribution >= 4 is 23.6 Å². The first kappa shape index (κ1) is 24.2. The van der Waals surface area contributed by atoms with Crippen LogP contribution < -0.4 is 10.1 Å². The van der Waals surface area contributed by atoms with Crippen molar-refractivity contribution in [3.63, 3.8) is 0 Å². The van der Waals surface area contributed by atoms with Crippen LogP contribution >= 0.6 is 11.8 Å². The number of nitrogens with zero attached hydrogens (tertiary/aromatic N) is 1. The van der Waals surface area contributed by atoms with Crippen LogP contribution in [-0.4, -0.2) is 41.7 Å². The molecule has 3 rings (SSSR count). The van der Waals surface area contributed by atoms with Gasteiger partial charge in [-0.05, 0) is 56.5 Å². The van der Waals surface area contributed by atoms with E-state index >= 15 is 0 Å². The number of carbonyl (C=O) groups is 2. The van der Waals surface area contributed by atoms with Crippen LogP contribution in [0.5, 0.6) is 5.75 Å². The molecule has 0 heterocycles. The lowest BCUT2D eigenvalue weighted by Gasteiger charge is -2.31. The molecule has 32 heavy (non-hydrogen) atoms. The third-order valence-electron chi connectivity index (χ3n) is 5.99. The summed E-state index contributed by atoms with van der Waals surface area (Å²) < 4.78 is 5.33. The Morgan fingerprint density at radius 1 is 1.12 bits per heavy atom. The first-order chi connectivity index (χ1) is 15.5. The molecule has 0 spiro atoms. The number of hydrogen-bond acceptors (Lipinski definition) is 4. The number of methoxy groups -OCH3 is 1. The molecule has 172 valence electrons. The third-order valence-corrected chi connectivity index (χ3v) is 6.99. The van der Waals surface area contributed by atoms with Gasteiger partial charge in [0.15, 0.2) is 0 Å². The van der Waals surface area contributed by atoms with Crippen LogP contribution in [0.2, 0.25) is 0 Å². The van der Waals surface area contributed by atoms with Crippen LogP contribution in [0, 0.1) is 6.92 Å². The fourth-order valence-corrected chi connectivity index (χ4v) is 4.77. The highest BCUT2D eigenvalue weighted by atomic mass is 32.2. The molecular formula is C26H34N2O3S. The molecule has 0 aliphatic heterocycles. The summed E-state index contributed by atoms with van der Waals surface area (Å²) in [5.74, 6) is 0.898. The number of nitrogens with one attached hydrogen (secondary N) is 1. The quantitative estimate of drug-likeness (QED) is 0.544. The molecule has 1 aliphatic rings. The number of carbonyl (C=O) groups excluding carboxylic acids is 2. The zero-order chi connectivity index (χ0) is 22.9. The van der Waals surface area contributed by atoms with E-state index in [2.05, 4.69) is 5.32 Å². The molecule has 0 unspecified atom stereocenters. The number of amides is 2. The highest BCUT2D eigenvalue weighted by Gasteiger charge is 2.28. The molecule has 1 fully saturated rings. The van der Waals surface area contributed by atoms with Gasteiger partial charge in [-0.2, -0.15) is 0 Å². The van der Waals surface area contributed by atoms with Gasteiger partial charge >= 0.3 is 0 Å². The molecule has 2 amide bonds. The van der Waals surface area contributed by atoms with Crippen molar-refractivity contribution in [2.24, 2.45) is 0 Å². The summed E-state index contributed by atoms with van der Waals surface area (Å²) in [6.45, 7) is 4.23. The zero-order valence-electron chi connectivity index (χ0n) is 19.3. The fourth-order valence-electron chi connectivity index (χ4n) is 3.98. The van der Waals surface area contributed by atoms with Gasteiger partial charge in [0.2, 0.25) is 11.8 Å². The highest BCUT2D eigenvalue weighted by molar-refractivity contribution is 8.00. The number of rotatable bonds is 9. The second-order valence-corrected chi connectivity index (χ2v) is 9.54. The number of aryl methyl sites for hydroxylation is 1. The van der Waals surface area contributed by atoms with Crippen molar-refractivity contribution < 1.29 is 14.3 Å². The van der Waals surface area contributed by atoms with Gasteiger partial charge in [-0.15, -0.1) is 11.8 Å². The van der Waals surface area contributed by atoms with E-state index < -0.39 is 6.04 Å². The molecule has 1 N–H and O–H groups in total. The fraction of sp³-hybridized carbons (Fsp3) is 0.462. The first-order valence-electron chi connectivity index (χ1n) is 11.4. The average molecular weight is 455 g/mol. The van der Waals surface area contributed by atoms with Gasteiger partial charge in [-0.25, -0.2) is 0 Å². The van der Waals surface area contributed by atoms with E-state index in [0.717, 1.165) is 41.9 Å². The maximum atomic E-state index is 13.3. The first-order valence-corrected chi connectivity index (χ1v) is 12.4. The number of ether oxygens (including phenoxy) is 1. The predicted octanol–water partition coefficient (Wildman–Crippen LogP) is 4.96. The van der Waals surface area contributed by atoms with Gasteiger partial charge < -0.3 is 15.0 Å². The van der Waals surface area contributed by atoms with Crippen LogP contribution in [0.1, 0.15) is 50.2 Å². The molecule has 2 aromatic rings. The van der Waals surface area contributed by atoms with Crippen molar-refractivity contribution in [2.45, 2.75) is 69.5 Å². The molecule has 0 saturated heterocycles. The SMILES string of the molecule is COc1cccc(CN(C(=O)CSc2ccc(C)cc2)[C@@H](C)C(=O)NC2CCCCC2)c1. The molecule has 2 aromatic carbocycles. The van der Waals surface area contributed by atoms with E-state index in [1.54, 1.807) is 12.0 Å². The molecule has 0 aromatic heterocycles. The Balaban J connectivity index is 1.71. The van der Waals surface area contributed by atoms with Gasteiger partial charge in [0.05, 0.1) is 12.9 Å². The molecule has 0 radical (unpaired) electrons. The minimum absolute atomic E-state index is 0.0512. The van der Waals surface area contributed by atoms with Crippen molar-refractivity contribution in [3.05, 3.63) is 59.7 Å². The Hall–Kier alpha value is -2.47. The number of benzene rings is 2. The van der Waals surface area contributed by atoms with E-state index in [-0.39, 0.29) is 23.6 Å². The highest BCUT2D eigenvalue weighted by Crippen LogP contribution is 2.22. The van der Waals surface area contributed by atoms with Gasteiger partial charge in [-0.3, -0.25) is 9.59 Å². The average Bonchev–Trinajstić information content (AvgIpc) is 2.82. The lowest BCUT2D eigenvalue weighted by atomic mass is 9.95. The molecule has 1 atom stereocenters. The summed E-state index contributed by atoms with van der Waals surface area (Å²) in [6.07, 6.45) is 5.58. The predicted molar refractivity (Wildman–Crippen MR) is 130 cm³/mol. The maximum Gasteiger partial charge on any atom is 0.242 e. The minimum Gasteiger partial charge on any atom is -0.497 e. The lowest BCUT2D eigenvalue weighted by molar-refractivity contribution is -0.139. The van der Waals surface area contributed by atoms with E-state index in [9.17, 15) is 9.59 Å². The topological polar surface area (TPSA) is 58.6 Å². The normalized spacial score (nSPS) is 15.1. The van der Waals surface area contributed by atoms with Gasteiger partial charge in [0.1, 0.15) is 11.8 Å². The molecule has 6 heteroatoms. The molecule has 1 saturated carbocycles. The standard InChI is InChI=1S/C26H34N2O3S/c1-19-12-14-24(15-13-19)32-18-25(29)28(17-21-8-7-11-23(16-21)31-3)20(2)26(30)27-22-9-5-4-6-10-22/h7-8,11-16,20,22H,4-6,9-10,17-18H2,1-3H3,(H,27,30)/t20-/m0/s1. The van der Waals surface area contributed by atoms with Crippen molar-refractivity contribution in [1.82, 2.24) is 10.2 Å². The van der Waals surface area contributed by atoms with Gasteiger partial charge in [0.25, 0.3) is 0 Å². The Morgan fingerprint density at radius 2 is 1.84 bits per heavy atom. The number of hydrogen-bond donors (Lipinski definition) is 1. The summed E-state index contributed by atoms with van der Waals surface area (Å²) in [5, 5.41) is 3.18. The van der Waals surface area contributed by atoms with Crippen LogP contribution in [0.3, 0.4) is 0 Å². The van der Waals surface area contributed by atoms with Crippen LogP contribution in [-0.2, 0) is 16.1 Å². The Bertz CT molecular complexity index is 894. The zero-order valence-corrected chi connectivity index (χ0v) is 20.1. The van der Waals surface area contributed by atoms with E-state index in [4.69, 9.17) is 4.74 Å². The molecular weight excluding hydrogens is 420 g/mol. The van der Waals surface area contributed by atoms with Crippen LogP contribution in [0.25, 0.3) is 0 Å². The molecule has 1 aliphatic carbocycles. The second-order valence-electron chi connectivity index (χ2n) is 8.49. The van der Waals surface area contributed by atoms with E-state index in [0.29, 0.717) is 6.54 Å². The van der Waals surface area contributed by atoms with Crippen molar-refractivity contribution in [1.29, 1.82) is 0 Å². The summed E-state index contributed by atoms with van der Waals surface area (Å²) >= 11 is 1.50. The van der Waals surface area contributed by atoms with Gasteiger partial charge in [-0.1, -0.05) is 49.1 Å². The summed E-state index contributed by atoms with van der Waals surface area (Å²) in [6, 6.07) is 15.5. The van der Waals surface area contributed by atoms with Crippen LogP contribution in [0.4, 0.5) is 0 Å². The van der Waals surface area contributed by atoms with E-state index in [1.807, 2.05) is 62.4 Å². The van der Waals surface area contributed by atoms with Crippen LogP contribution in [0.15, 0.2) is 53.4 Å². The summed E-state index contributed by atoms with van der Waals surface area (Å²) in [7, 11) is 1.63. The van der Waals surface area contributed by atoms with Crippen molar-refractivity contribution in [3.8, 4) is 5.75 Å². The Kier molecular flexibility index (Phi) is 9.03. The lowest BCUT2D eigenvalue weighted by Crippen LogP contribution is -2.50. The molecule has 5 nitrogen and oxygen atoms in total. The monoisotopic (exact) mass is 454 g/mol.